The zero-order valence-electron chi connectivity index (χ0n) is 34.9. The third kappa shape index (κ3) is 8.00. The maximum Gasteiger partial charge on any atom is 0.329 e. The first-order valence-electron chi connectivity index (χ1n) is 21.9. The predicted molar refractivity (Wildman–Crippen MR) is 226 cm³/mol. The van der Waals surface area contributed by atoms with Crippen LogP contribution in [0.2, 0.25) is 0 Å². The number of carbonyl (C=O) groups excluding carboxylic acids is 3. The summed E-state index contributed by atoms with van der Waals surface area (Å²) < 4.78 is 46.7. The smallest absolute Gasteiger partial charge is 0.329 e. The number of rotatable bonds is 10. The molecule has 0 spiro atoms. The molecule has 5 aliphatic rings. The quantitative estimate of drug-likeness (QED) is 0.154. The second-order valence-corrected chi connectivity index (χ2v) is 17.4. The Morgan fingerprint density at radius 1 is 1.08 bits per heavy atom. The summed E-state index contributed by atoms with van der Waals surface area (Å²) in [4.78, 5) is 60.5. The van der Waals surface area contributed by atoms with Gasteiger partial charge in [-0.1, -0.05) is 17.9 Å². The number of halogens is 2. The molecule has 17 nitrogen and oxygen atoms in total. The van der Waals surface area contributed by atoms with Gasteiger partial charge in [-0.15, -0.1) is 0 Å². The number of alkyl halides is 2. The van der Waals surface area contributed by atoms with Gasteiger partial charge >= 0.3 is 5.69 Å². The van der Waals surface area contributed by atoms with Crippen molar-refractivity contribution in [1.29, 1.82) is 0 Å². The molecule has 5 fully saturated rings. The number of ether oxygens (including phenoxy) is 2. The Balaban J connectivity index is 0.726. The van der Waals surface area contributed by atoms with Crippen LogP contribution >= 0.6 is 0 Å². The summed E-state index contributed by atoms with van der Waals surface area (Å²) in [5.74, 6) is 6.08. The van der Waals surface area contributed by atoms with Crippen LogP contribution in [0.3, 0.4) is 0 Å². The third-order valence-electron chi connectivity index (χ3n) is 13.4. The number of aromatic nitrogens is 7. The highest BCUT2D eigenvalue weighted by Gasteiger charge is 2.40. The third-order valence-corrected chi connectivity index (χ3v) is 13.4. The van der Waals surface area contributed by atoms with Crippen LogP contribution in [0, 0.1) is 17.8 Å². The molecule has 1 unspecified atom stereocenters. The van der Waals surface area contributed by atoms with Gasteiger partial charge < -0.3 is 24.6 Å². The van der Waals surface area contributed by atoms with Gasteiger partial charge in [-0.25, -0.2) is 23.1 Å². The lowest BCUT2D eigenvalue weighted by molar-refractivity contribution is -0.135. The number of imidazole rings is 1. The minimum atomic E-state index is -2.87. The molecule has 63 heavy (non-hydrogen) atoms. The number of hydrogen-bond acceptors (Lipinski definition) is 11. The van der Waals surface area contributed by atoms with Crippen LogP contribution < -0.4 is 21.2 Å². The van der Waals surface area contributed by atoms with Gasteiger partial charge in [0.25, 0.3) is 12.3 Å². The number of morpholine rings is 1. The second kappa shape index (κ2) is 17.0. The molecule has 5 aromatic rings. The normalized spacial score (nSPS) is 25.2. The van der Waals surface area contributed by atoms with E-state index in [2.05, 4.69) is 42.5 Å². The van der Waals surface area contributed by atoms with E-state index in [1.807, 2.05) is 12.1 Å². The van der Waals surface area contributed by atoms with Crippen LogP contribution in [-0.4, -0.2) is 114 Å². The molecule has 2 N–H and O–H groups in total. The van der Waals surface area contributed by atoms with Crippen molar-refractivity contribution >= 4 is 45.9 Å². The van der Waals surface area contributed by atoms with E-state index in [0.717, 1.165) is 76.9 Å². The van der Waals surface area contributed by atoms with Crippen molar-refractivity contribution in [3.63, 3.8) is 0 Å². The van der Waals surface area contributed by atoms with E-state index in [-0.39, 0.29) is 66.6 Å². The van der Waals surface area contributed by atoms with Gasteiger partial charge in [-0.05, 0) is 82.0 Å². The van der Waals surface area contributed by atoms with Crippen molar-refractivity contribution in [3.8, 4) is 11.8 Å². The Labute approximate surface area is 360 Å². The molecule has 19 heteroatoms. The second-order valence-electron chi connectivity index (χ2n) is 17.4. The number of anilines is 2. The zero-order valence-corrected chi connectivity index (χ0v) is 34.9. The van der Waals surface area contributed by atoms with E-state index in [0.29, 0.717) is 34.8 Å². The molecule has 1 saturated carbocycles. The number of carbonyl (C=O) groups is 3. The Kier molecular flexibility index (Phi) is 11.1. The van der Waals surface area contributed by atoms with Crippen LogP contribution in [0.25, 0.3) is 16.7 Å². The monoisotopic (exact) mass is 865 g/mol. The first-order valence-corrected chi connectivity index (χ1v) is 21.9. The van der Waals surface area contributed by atoms with Crippen LogP contribution in [-0.2, 0) is 26.1 Å². The molecule has 4 aliphatic heterocycles. The van der Waals surface area contributed by atoms with Crippen molar-refractivity contribution in [2.45, 2.75) is 94.5 Å². The lowest BCUT2D eigenvalue weighted by Gasteiger charge is -2.37. The summed E-state index contributed by atoms with van der Waals surface area (Å²) in [6.45, 7) is 4.28. The van der Waals surface area contributed by atoms with Gasteiger partial charge in [0.05, 0.1) is 59.4 Å². The molecule has 0 radical (unpaired) electrons. The number of piperidine rings is 2. The minimum Gasteiger partial charge on any atom is -0.374 e. The number of nitrogens with zero attached hydrogens (tertiary/aromatic N) is 9. The number of likely N-dealkylation sites (tertiary alicyclic amines) is 1. The van der Waals surface area contributed by atoms with Crippen molar-refractivity contribution in [2.75, 3.05) is 49.6 Å². The Morgan fingerprint density at radius 3 is 2.71 bits per heavy atom. The van der Waals surface area contributed by atoms with Crippen LogP contribution in [0.1, 0.15) is 97.9 Å². The van der Waals surface area contributed by atoms with E-state index in [1.54, 1.807) is 30.1 Å². The molecule has 1 aliphatic carbocycles. The number of hydrogen-bond donors (Lipinski definition) is 2. The SMILES string of the molecule is Cn1c(=O)n(C2CCC(=O)NC2=O)c2cccc(C#CCO[C@@H]3CCCN(C[C@H]4CC[C@H](n5cc(NC(=O)c6cnn7ccc(N8C[C@H]9C[C@@H]8CO9)nc67)c(C(F)F)n5)CC4)C3)c21. The number of nitrogens with one attached hydrogen (secondary N) is 2. The van der Waals surface area contributed by atoms with E-state index in [4.69, 9.17) is 14.5 Å². The van der Waals surface area contributed by atoms with Gasteiger partial charge in [0.15, 0.2) is 11.3 Å². The maximum atomic E-state index is 14.3. The molecule has 8 heterocycles. The van der Waals surface area contributed by atoms with Gasteiger partial charge in [0.1, 0.15) is 24.0 Å². The number of imide groups is 1. The Hall–Kier alpha value is -5.97. The molecule has 330 valence electrons. The first kappa shape index (κ1) is 41.1. The van der Waals surface area contributed by atoms with Gasteiger partial charge in [0.2, 0.25) is 11.8 Å². The summed E-state index contributed by atoms with van der Waals surface area (Å²) in [6.07, 6.45) is 8.72. The van der Waals surface area contributed by atoms with E-state index < -0.39 is 30.0 Å². The largest absolute Gasteiger partial charge is 0.374 e. The molecule has 3 amide bonds. The highest BCUT2D eigenvalue weighted by atomic mass is 19.3. The molecular formula is C44H49F2N11O6. The molecule has 4 saturated heterocycles. The summed E-state index contributed by atoms with van der Waals surface area (Å²) in [5, 5.41) is 13.6. The Morgan fingerprint density at radius 2 is 1.94 bits per heavy atom. The van der Waals surface area contributed by atoms with Crippen LogP contribution in [0.5, 0.6) is 0 Å². The van der Waals surface area contributed by atoms with Gasteiger partial charge in [-0.2, -0.15) is 10.2 Å². The fourth-order valence-corrected chi connectivity index (χ4v) is 10.2. The maximum absolute atomic E-state index is 14.3. The van der Waals surface area contributed by atoms with Crippen molar-refractivity contribution in [1.82, 2.24) is 43.7 Å². The average Bonchev–Trinajstić information content (AvgIpc) is 4.13. The predicted octanol–water partition coefficient (Wildman–Crippen LogP) is 3.99. The fourth-order valence-electron chi connectivity index (χ4n) is 10.2. The van der Waals surface area contributed by atoms with E-state index in [9.17, 15) is 28.0 Å². The van der Waals surface area contributed by atoms with Crippen LogP contribution in [0.15, 0.2) is 47.7 Å². The van der Waals surface area contributed by atoms with Crippen molar-refractivity contribution in [2.24, 2.45) is 13.0 Å². The highest BCUT2D eigenvalue weighted by Crippen LogP contribution is 2.36. The number of para-hydroxylation sites is 1. The summed E-state index contributed by atoms with van der Waals surface area (Å²) in [7, 11) is 1.66. The van der Waals surface area contributed by atoms with E-state index in [1.165, 1.54) is 26.0 Å². The Bertz CT molecular complexity index is 2710. The molecule has 2 bridgehead atoms. The topological polar surface area (TPSA) is 175 Å². The van der Waals surface area contributed by atoms with Crippen molar-refractivity contribution < 1.29 is 32.6 Å². The molecule has 10 rings (SSSR count). The molecule has 1 aromatic carbocycles. The number of amides is 3. The first-order chi connectivity index (χ1) is 30.6. The summed E-state index contributed by atoms with van der Waals surface area (Å²) >= 11 is 0. The number of aryl methyl sites for hydroxylation is 1. The number of fused-ring (bicyclic) bond motifs is 4. The lowest BCUT2D eigenvalue weighted by atomic mass is 9.85. The fraction of sp³-hybridized carbons (Fsp3) is 0.523. The van der Waals surface area contributed by atoms with Crippen LogP contribution in [0.4, 0.5) is 20.3 Å². The van der Waals surface area contributed by atoms with E-state index >= 15 is 0 Å². The average molecular weight is 866 g/mol. The minimum absolute atomic E-state index is 0.0165. The standard InChI is InChI=1S/C44H49F2N11O6/c1-52-39-27(5-2-8-34(39)57(44(52)61)35-13-14-37(58)50-43(35)60)6-4-18-62-30-7-3-16-53(22-30)21-26-9-11-28(12-10-26)56-24-33(38(51-56)40(45)46)48-42(59)32-20-47-55-17-15-36(49-41(32)55)54-23-31-19-29(54)25-63-31/h2,5,8,15,17,20,24,26,28-31,35,40H,3,7,9-14,16,18-19,21-23,25H2,1H3,(H,48,59)(H,50,58,60)/t26-,28-,29-,30-,31-,35?/m1/s1. The molecule has 4 atom stereocenters. The van der Waals surface area contributed by atoms with Gasteiger partial charge in [0, 0.05) is 45.5 Å². The molecular weight excluding hydrogens is 817 g/mol. The lowest BCUT2D eigenvalue weighted by Crippen LogP contribution is -2.44. The van der Waals surface area contributed by atoms with Crippen molar-refractivity contribution in [3.05, 3.63) is 70.2 Å². The summed E-state index contributed by atoms with van der Waals surface area (Å²) in [6, 6.07) is 6.70. The van der Waals surface area contributed by atoms with Gasteiger partial charge in [-0.3, -0.25) is 33.5 Å². The summed E-state index contributed by atoms with van der Waals surface area (Å²) in [5.41, 5.74) is 1.58. The number of benzene rings is 1. The zero-order chi connectivity index (χ0) is 43.4. The molecule has 4 aromatic heterocycles. The highest BCUT2D eigenvalue weighted by molar-refractivity contribution is 6.08.